The molecule has 0 bridgehead atoms. The Kier molecular flexibility index (Phi) is 2.58. The summed E-state index contributed by atoms with van der Waals surface area (Å²) < 4.78 is 0. The number of pyridine rings is 1. The summed E-state index contributed by atoms with van der Waals surface area (Å²) in [5.74, 6) is 2.39. The molecule has 1 saturated carbocycles. The van der Waals surface area contributed by atoms with Crippen LogP contribution in [0.4, 0.5) is 0 Å². The molecule has 1 nitrogen and oxygen atoms in total. The Morgan fingerprint density at radius 2 is 2.14 bits per heavy atom. The van der Waals surface area contributed by atoms with Crippen LogP contribution >= 0.6 is 0 Å². The van der Waals surface area contributed by atoms with Crippen LogP contribution in [0.15, 0.2) is 18.2 Å². The second-order valence-corrected chi connectivity index (χ2v) is 4.89. The highest BCUT2D eigenvalue weighted by atomic mass is 14.7. The summed E-state index contributed by atoms with van der Waals surface area (Å²) in [6.07, 6.45) is 2.58. The van der Waals surface area contributed by atoms with E-state index in [9.17, 15) is 0 Å². The van der Waals surface area contributed by atoms with Gasteiger partial charge < -0.3 is 0 Å². The van der Waals surface area contributed by atoms with Crippen molar-refractivity contribution in [1.82, 2.24) is 4.98 Å². The zero-order valence-electron chi connectivity index (χ0n) is 9.33. The molecule has 0 saturated heterocycles. The van der Waals surface area contributed by atoms with E-state index >= 15 is 0 Å². The molecule has 0 N–H and O–H groups in total. The van der Waals surface area contributed by atoms with Gasteiger partial charge >= 0.3 is 0 Å². The van der Waals surface area contributed by atoms with Gasteiger partial charge in [0.25, 0.3) is 0 Å². The quantitative estimate of drug-likeness (QED) is 0.710. The van der Waals surface area contributed by atoms with Gasteiger partial charge in [0.15, 0.2) is 0 Å². The Morgan fingerprint density at radius 3 is 2.71 bits per heavy atom. The number of aromatic nitrogens is 1. The zero-order chi connectivity index (χ0) is 10.1. The number of hydrogen-bond acceptors (Lipinski definition) is 1. The summed E-state index contributed by atoms with van der Waals surface area (Å²) in [4.78, 5) is 4.69. The van der Waals surface area contributed by atoms with Crippen molar-refractivity contribution < 1.29 is 0 Å². The molecule has 2 atom stereocenters. The van der Waals surface area contributed by atoms with E-state index in [1.807, 2.05) is 0 Å². The predicted molar refractivity (Wildman–Crippen MR) is 59.3 cm³/mol. The molecule has 76 valence electrons. The lowest BCUT2D eigenvalue weighted by atomic mass is 10.1. The van der Waals surface area contributed by atoms with Crippen LogP contribution in [0.25, 0.3) is 0 Å². The maximum atomic E-state index is 4.69. The van der Waals surface area contributed by atoms with Gasteiger partial charge in [0, 0.05) is 11.4 Å². The molecule has 1 heterocycles. The fraction of sp³-hybridized carbons (Fsp3) is 0.615. The Labute approximate surface area is 86.6 Å². The van der Waals surface area contributed by atoms with Gasteiger partial charge in [0.2, 0.25) is 0 Å². The number of nitrogens with zero attached hydrogens (tertiary/aromatic N) is 1. The second kappa shape index (κ2) is 3.72. The molecule has 1 aromatic heterocycles. The van der Waals surface area contributed by atoms with Crippen LogP contribution < -0.4 is 0 Å². The molecule has 2 rings (SSSR count). The normalized spacial score (nSPS) is 25.4. The van der Waals surface area contributed by atoms with Gasteiger partial charge in [0.1, 0.15) is 0 Å². The minimum absolute atomic E-state index is 0.548. The summed E-state index contributed by atoms with van der Waals surface area (Å²) >= 11 is 0. The summed E-state index contributed by atoms with van der Waals surface area (Å²) in [7, 11) is 0. The Hall–Kier alpha value is -0.850. The van der Waals surface area contributed by atoms with E-state index < -0.39 is 0 Å². The van der Waals surface area contributed by atoms with E-state index in [4.69, 9.17) is 0 Å². The van der Waals surface area contributed by atoms with E-state index in [0.717, 1.165) is 11.8 Å². The van der Waals surface area contributed by atoms with Crippen LogP contribution in [0.1, 0.15) is 44.5 Å². The van der Waals surface area contributed by atoms with Gasteiger partial charge in [-0.05, 0) is 42.7 Å². The molecule has 2 unspecified atom stereocenters. The molecule has 0 spiro atoms. The van der Waals surface area contributed by atoms with E-state index in [1.165, 1.54) is 24.2 Å². The molecule has 1 heteroatoms. The summed E-state index contributed by atoms with van der Waals surface area (Å²) in [5, 5.41) is 0. The van der Waals surface area contributed by atoms with Gasteiger partial charge in [-0.1, -0.05) is 26.8 Å². The molecular weight excluding hydrogens is 170 g/mol. The van der Waals surface area contributed by atoms with Crippen molar-refractivity contribution >= 4 is 0 Å². The minimum Gasteiger partial charge on any atom is -0.258 e. The smallest absolute Gasteiger partial charge is 0.0432 e. The number of rotatable bonds is 3. The molecule has 0 radical (unpaired) electrons. The van der Waals surface area contributed by atoms with Crippen LogP contribution in [0.3, 0.4) is 0 Å². The highest BCUT2D eigenvalue weighted by Crippen LogP contribution is 2.40. The first-order valence-electron chi connectivity index (χ1n) is 5.62. The lowest BCUT2D eigenvalue weighted by Crippen LogP contribution is -1.98. The highest BCUT2D eigenvalue weighted by molar-refractivity contribution is 5.15. The molecular formula is C13H19N. The lowest BCUT2D eigenvalue weighted by Gasteiger charge is -2.06. The van der Waals surface area contributed by atoms with Gasteiger partial charge in [-0.15, -0.1) is 0 Å². The molecule has 1 aliphatic carbocycles. The third-order valence-electron chi connectivity index (χ3n) is 3.17. The van der Waals surface area contributed by atoms with E-state index in [2.05, 4.69) is 44.0 Å². The van der Waals surface area contributed by atoms with Crippen LogP contribution in [0.5, 0.6) is 0 Å². The topological polar surface area (TPSA) is 12.9 Å². The van der Waals surface area contributed by atoms with Crippen molar-refractivity contribution in [2.75, 3.05) is 0 Å². The Balaban J connectivity index is 2.06. The van der Waals surface area contributed by atoms with Crippen LogP contribution in [-0.4, -0.2) is 4.98 Å². The minimum atomic E-state index is 0.548. The lowest BCUT2D eigenvalue weighted by molar-refractivity contribution is 0.716. The van der Waals surface area contributed by atoms with Crippen molar-refractivity contribution in [3.05, 3.63) is 29.6 Å². The fourth-order valence-corrected chi connectivity index (χ4v) is 1.89. The third-order valence-corrected chi connectivity index (χ3v) is 3.17. The second-order valence-electron chi connectivity index (χ2n) is 4.89. The van der Waals surface area contributed by atoms with E-state index in [0.29, 0.717) is 5.92 Å². The van der Waals surface area contributed by atoms with Gasteiger partial charge in [-0.25, -0.2) is 0 Å². The Bertz CT molecular complexity index is 317. The van der Waals surface area contributed by atoms with Crippen LogP contribution in [0.2, 0.25) is 0 Å². The SMILES string of the molecule is CC(C)c1cccc(CC2CC2C)n1. The third kappa shape index (κ3) is 2.14. The monoisotopic (exact) mass is 189 g/mol. The van der Waals surface area contributed by atoms with Crippen molar-refractivity contribution in [3.63, 3.8) is 0 Å². The van der Waals surface area contributed by atoms with Gasteiger partial charge in [0.05, 0.1) is 0 Å². The average molecular weight is 189 g/mol. The molecule has 1 aromatic rings. The molecule has 1 fully saturated rings. The van der Waals surface area contributed by atoms with Crippen molar-refractivity contribution in [1.29, 1.82) is 0 Å². The summed E-state index contributed by atoms with van der Waals surface area (Å²) in [6.45, 7) is 6.73. The number of hydrogen-bond donors (Lipinski definition) is 0. The summed E-state index contributed by atoms with van der Waals surface area (Å²) in [6, 6.07) is 6.44. The van der Waals surface area contributed by atoms with Crippen LogP contribution in [-0.2, 0) is 6.42 Å². The molecule has 0 aromatic carbocycles. The van der Waals surface area contributed by atoms with Crippen molar-refractivity contribution in [3.8, 4) is 0 Å². The fourth-order valence-electron chi connectivity index (χ4n) is 1.89. The van der Waals surface area contributed by atoms with E-state index in [-0.39, 0.29) is 0 Å². The first-order chi connectivity index (χ1) is 6.66. The maximum Gasteiger partial charge on any atom is 0.0432 e. The van der Waals surface area contributed by atoms with Crippen molar-refractivity contribution in [2.24, 2.45) is 11.8 Å². The highest BCUT2D eigenvalue weighted by Gasteiger charge is 2.32. The summed E-state index contributed by atoms with van der Waals surface area (Å²) in [5.41, 5.74) is 2.52. The zero-order valence-corrected chi connectivity index (χ0v) is 9.33. The first kappa shape index (κ1) is 9.70. The predicted octanol–water partition coefficient (Wildman–Crippen LogP) is 3.40. The van der Waals surface area contributed by atoms with Crippen LogP contribution in [0, 0.1) is 11.8 Å². The maximum absolute atomic E-state index is 4.69. The molecule has 0 aliphatic heterocycles. The Morgan fingerprint density at radius 1 is 1.43 bits per heavy atom. The largest absolute Gasteiger partial charge is 0.258 e. The van der Waals surface area contributed by atoms with Crippen molar-refractivity contribution in [2.45, 2.75) is 39.5 Å². The van der Waals surface area contributed by atoms with E-state index in [1.54, 1.807) is 0 Å². The first-order valence-corrected chi connectivity index (χ1v) is 5.62. The molecule has 1 aliphatic rings. The van der Waals surface area contributed by atoms with Gasteiger partial charge in [-0.3, -0.25) is 4.98 Å². The van der Waals surface area contributed by atoms with Gasteiger partial charge in [-0.2, -0.15) is 0 Å². The molecule has 0 amide bonds. The molecule has 14 heavy (non-hydrogen) atoms. The average Bonchev–Trinajstić information content (AvgIpc) is 2.82. The standard InChI is InChI=1S/C13H19N/c1-9(2)13-6-4-5-12(14-13)8-11-7-10(11)3/h4-6,9-11H,7-8H2,1-3H3.